The van der Waals surface area contributed by atoms with E-state index in [1.165, 1.54) is 7.11 Å². The molecule has 2 aromatic carbocycles. The van der Waals surface area contributed by atoms with E-state index in [0.29, 0.717) is 17.8 Å². The number of benzene rings is 2. The van der Waals surface area contributed by atoms with Gasteiger partial charge in [-0.15, -0.1) is 0 Å². The van der Waals surface area contributed by atoms with Crippen molar-refractivity contribution in [2.75, 3.05) is 23.9 Å². The topological polar surface area (TPSA) is 67.9 Å². The molecular weight excluding hydrogens is 356 g/mol. The second-order valence-corrected chi connectivity index (χ2v) is 6.66. The molecule has 148 valence electrons. The Bertz CT molecular complexity index is 824. The zero-order chi connectivity index (χ0) is 20.1. The van der Waals surface area contributed by atoms with Crippen molar-refractivity contribution >= 4 is 23.4 Å². The van der Waals surface area contributed by atoms with Crippen LogP contribution >= 0.6 is 0 Å². The Morgan fingerprint density at radius 3 is 2.36 bits per heavy atom. The number of anilines is 2. The Morgan fingerprint density at radius 2 is 1.71 bits per heavy atom. The van der Waals surface area contributed by atoms with Gasteiger partial charge in [-0.3, -0.25) is 4.90 Å². The third kappa shape index (κ3) is 3.67. The third-order valence-electron chi connectivity index (χ3n) is 5.12. The van der Waals surface area contributed by atoms with E-state index in [2.05, 4.69) is 5.32 Å². The number of methoxy groups -OCH3 is 1. The molecule has 3 rings (SSSR count). The highest BCUT2D eigenvalue weighted by Crippen LogP contribution is 2.44. The molecule has 6 heteroatoms. The molecule has 0 saturated heterocycles. The molecule has 2 aromatic rings. The molecular formula is C22H26N2O4. The molecule has 6 nitrogen and oxygen atoms in total. The van der Waals surface area contributed by atoms with Crippen LogP contribution < -0.4 is 10.2 Å². The highest BCUT2D eigenvalue weighted by atomic mass is 16.6. The van der Waals surface area contributed by atoms with Crippen LogP contribution in [0.4, 0.5) is 16.2 Å². The average molecular weight is 382 g/mol. The Morgan fingerprint density at radius 1 is 1.04 bits per heavy atom. The number of hydrogen-bond donors (Lipinski definition) is 1. The maximum Gasteiger partial charge on any atom is 0.414 e. The first-order chi connectivity index (χ1) is 13.6. The molecule has 1 amide bonds. The van der Waals surface area contributed by atoms with Crippen molar-refractivity contribution in [1.82, 2.24) is 0 Å². The van der Waals surface area contributed by atoms with Crippen molar-refractivity contribution in [1.29, 1.82) is 0 Å². The first-order valence-electron chi connectivity index (χ1n) is 9.56. The zero-order valence-electron chi connectivity index (χ0n) is 16.4. The minimum absolute atomic E-state index is 0.216. The van der Waals surface area contributed by atoms with Crippen LogP contribution in [-0.2, 0) is 14.3 Å². The largest absolute Gasteiger partial charge is 0.467 e. The van der Waals surface area contributed by atoms with Crippen molar-refractivity contribution < 1.29 is 19.1 Å². The zero-order valence-corrected chi connectivity index (χ0v) is 16.4. The summed E-state index contributed by atoms with van der Waals surface area (Å²) >= 11 is 0. The number of para-hydroxylation sites is 2. The molecule has 0 fully saturated rings. The van der Waals surface area contributed by atoms with Crippen molar-refractivity contribution in [3.8, 4) is 0 Å². The lowest BCUT2D eigenvalue weighted by atomic mass is 9.84. The number of rotatable bonds is 4. The van der Waals surface area contributed by atoms with Gasteiger partial charge < -0.3 is 14.8 Å². The predicted octanol–water partition coefficient (Wildman–Crippen LogP) is 4.38. The fourth-order valence-electron chi connectivity index (χ4n) is 3.88. The van der Waals surface area contributed by atoms with Crippen LogP contribution in [0.2, 0.25) is 0 Å². The third-order valence-corrected chi connectivity index (χ3v) is 5.12. The molecule has 3 atom stereocenters. The Balaban J connectivity index is 2.24. The molecule has 3 unspecified atom stereocenters. The van der Waals surface area contributed by atoms with Crippen molar-refractivity contribution in [3.63, 3.8) is 0 Å². The summed E-state index contributed by atoms with van der Waals surface area (Å²) in [4.78, 5) is 27.4. The minimum atomic E-state index is -0.596. The monoisotopic (exact) mass is 382 g/mol. The normalized spacial score (nSPS) is 21.1. The molecule has 1 aliphatic rings. The number of hydrogen-bond acceptors (Lipinski definition) is 5. The summed E-state index contributed by atoms with van der Waals surface area (Å²) in [5.41, 5.74) is 2.32. The van der Waals surface area contributed by atoms with Gasteiger partial charge in [-0.2, -0.15) is 0 Å². The quantitative estimate of drug-likeness (QED) is 0.795. The first-order valence-corrected chi connectivity index (χ1v) is 9.56. The van der Waals surface area contributed by atoms with Gasteiger partial charge in [0, 0.05) is 5.92 Å². The highest BCUT2D eigenvalue weighted by molar-refractivity contribution is 5.95. The molecule has 0 aromatic heterocycles. The van der Waals surface area contributed by atoms with Crippen LogP contribution in [0.3, 0.4) is 0 Å². The van der Waals surface area contributed by atoms with E-state index in [-0.39, 0.29) is 24.5 Å². The second-order valence-electron chi connectivity index (χ2n) is 6.66. The standard InChI is InChI=1S/C22H26N2O4/c1-4-16-19(21(25)27-3)23-17-13-9-10-14-18(17)24(22(26)28-5-2)20(16)15-11-7-6-8-12-15/h6-14,16,19-20,23H,4-5H2,1-3H3. The Labute approximate surface area is 165 Å². The van der Waals surface area contributed by atoms with E-state index in [1.54, 1.807) is 11.8 Å². The van der Waals surface area contributed by atoms with Gasteiger partial charge in [0.25, 0.3) is 0 Å². The number of amides is 1. The molecule has 0 aliphatic carbocycles. The second kappa shape index (κ2) is 8.78. The van der Waals surface area contributed by atoms with Crippen molar-refractivity contribution in [3.05, 3.63) is 60.2 Å². The van der Waals surface area contributed by atoms with Gasteiger partial charge >= 0.3 is 12.1 Å². The number of carbonyl (C=O) groups is 2. The smallest absolute Gasteiger partial charge is 0.414 e. The van der Waals surface area contributed by atoms with Crippen LogP contribution in [0.1, 0.15) is 31.9 Å². The number of ether oxygens (including phenoxy) is 2. The molecule has 28 heavy (non-hydrogen) atoms. The maximum absolute atomic E-state index is 13.1. The summed E-state index contributed by atoms with van der Waals surface area (Å²) in [6, 6.07) is 16.2. The highest BCUT2D eigenvalue weighted by Gasteiger charge is 2.44. The minimum Gasteiger partial charge on any atom is -0.467 e. The van der Waals surface area contributed by atoms with Crippen molar-refractivity contribution in [2.45, 2.75) is 32.4 Å². The van der Waals surface area contributed by atoms with Gasteiger partial charge in [0.05, 0.1) is 31.1 Å². The maximum atomic E-state index is 13.1. The molecule has 1 heterocycles. The number of fused-ring (bicyclic) bond motifs is 1. The summed E-state index contributed by atoms with van der Waals surface area (Å²) < 4.78 is 10.5. The molecule has 0 radical (unpaired) electrons. The van der Waals surface area contributed by atoms with Crippen LogP contribution in [-0.4, -0.2) is 31.8 Å². The van der Waals surface area contributed by atoms with Gasteiger partial charge in [-0.05, 0) is 31.0 Å². The van der Waals surface area contributed by atoms with Gasteiger partial charge in [-0.1, -0.05) is 49.4 Å². The van der Waals surface area contributed by atoms with Gasteiger partial charge in [0.15, 0.2) is 0 Å². The molecule has 1 aliphatic heterocycles. The molecule has 0 saturated carbocycles. The lowest BCUT2D eigenvalue weighted by Crippen LogP contribution is -2.45. The van der Waals surface area contributed by atoms with Gasteiger partial charge in [0.2, 0.25) is 0 Å². The number of nitrogens with zero attached hydrogens (tertiary/aromatic N) is 1. The van der Waals surface area contributed by atoms with Crippen LogP contribution in [0, 0.1) is 5.92 Å². The number of carbonyl (C=O) groups excluding carboxylic acids is 2. The van der Waals surface area contributed by atoms with Gasteiger partial charge in [0.1, 0.15) is 6.04 Å². The lowest BCUT2D eigenvalue weighted by Gasteiger charge is -2.36. The Kier molecular flexibility index (Phi) is 6.19. The number of nitrogens with one attached hydrogen (secondary N) is 1. The fourth-order valence-corrected chi connectivity index (χ4v) is 3.88. The van der Waals surface area contributed by atoms with E-state index in [1.807, 2.05) is 61.5 Å². The van der Waals surface area contributed by atoms with E-state index in [0.717, 1.165) is 5.56 Å². The molecule has 1 N–H and O–H groups in total. The summed E-state index contributed by atoms with van der Waals surface area (Å²) in [6.45, 7) is 4.06. The summed E-state index contributed by atoms with van der Waals surface area (Å²) in [5.74, 6) is -0.569. The van der Waals surface area contributed by atoms with Crippen LogP contribution in [0.15, 0.2) is 54.6 Å². The lowest BCUT2D eigenvalue weighted by molar-refractivity contribution is -0.143. The van der Waals surface area contributed by atoms with E-state index in [4.69, 9.17) is 9.47 Å². The molecule has 0 bridgehead atoms. The summed E-state index contributed by atoms with van der Waals surface area (Å²) in [7, 11) is 1.38. The van der Waals surface area contributed by atoms with E-state index >= 15 is 0 Å². The number of esters is 1. The van der Waals surface area contributed by atoms with E-state index in [9.17, 15) is 9.59 Å². The van der Waals surface area contributed by atoms with Crippen LogP contribution in [0.5, 0.6) is 0 Å². The summed E-state index contributed by atoms with van der Waals surface area (Å²) in [5, 5.41) is 3.31. The summed E-state index contributed by atoms with van der Waals surface area (Å²) in [6.07, 6.45) is 0.227. The fraction of sp³-hybridized carbons (Fsp3) is 0.364. The average Bonchev–Trinajstić information content (AvgIpc) is 2.88. The van der Waals surface area contributed by atoms with Crippen LogP contribution in [0.25, 0.3) is 0 Å². The van der Waals surface area contributed by atoms with Crippen molar-refractivity contribution in [2.24, 2.45) is 5.92 Å². The molecule has 0 spiro atoms. The Hall–Kier alpha value is -3.02. The SMILES string of the molecule is CCOC(=O)N1c2ccccc2NC(C(=O)OC)C(CC)C1c1ccccc1. The van der Waals surface area contributed by atoms with E-state index < -0.39 is 12.1 Å². The predicted molar refractivity (Wildman–Crippen MR) is 108 cm³/mol. The van der Waals surface area contributed by atoms with Gasteiger partial charge in [-0.25, -0.2) is 9.59 Å². The first kappa shape index (κ1) is 19.7.